The number of sulfonamides is 1. The monoisotopic (exact) mass is 273 g/mol. The van der Waals surface area contributed by atoms with E-state index in [0.29, 0.717) is 0 Å². The normalized spacial score (nSPS) is 11.5. The predicted octanol–water partition coefficient (Wildman–Crippen LogP) is 0.261. The summed E-state index contributed by atoms with van der Waals surface area (Å²) in [6.07, 6.45) is 0.788. The standard InChI is InChI=1S/C10H15N3O4S/c1-12(2)8-7-9-3-5-10(6-4-9)18(16,17)11-13(14)15/h3-6,11H,7-8H2,1-2H3. The van der Waals surface area contributed by atoms with Gasteiger partial charge in [-0.3, -0.25) is 0 Å². The summed E-state index contributed by atoms with van der Waals surface area (Å²) < 4.78 is 22.9. The number of benzene rings is 1. The first-order chi connectivity index (χ1) is 8.31. The van der Waals surface area contributed by atoms with Crippen molar-refractivity contribution in [3.8, 4) is 0 Å². The molecule has 1 aromatic carbocycles. The molecule has 0 amide bonds. The Morgan fingerprint density at radius 3 is 2.28 bits per heavy atom. The number of nitro groups is 1. The van der Waals surface area contributed by atoms with E-state index in [-0.39, 0.29) is 4.90 Å². The molecule has 0 aromatic heterocycles. The Labute approximate surface area is 106 Å². The molecule has 0 aliphatic rings. The summed E-state index contributed by atoms with van der Waals surface area (Å²) in [7, 11) is -0.179. The third kappa shape index (κ3) is 4.30. The van der Waals surface area contributed by atoms with Crippen molar-refractivity contribution in [1.82, 2.24) is 9.73 Å². The highest BCUT2D eigenvalue weighted by atomic mass is 32.2. The van der Waals surface area contributed by atoms with Crippen molar-refractivity contribution < 1.29 is 13.5 Å². The van der Waals surface area contributed by atoms with Gasteiger partial charge in [-0.15, -0.1) is 0 Å². The van der Waals surface area contributed by atoms with E-state index in [4.69, 9.17) is 0 Å². The minimum absolute atomic E-state index is 0.118. The molecule has 1 aromatic rings. The van der Waals surface area contributed by atoms with Crippen LogP contribution in [0.5, 0.6) is 0 Å². The maximum atomic E-state index is 11.5. The number of nitrogens with zero attached hydrogens (tertiary/aromatic N) is 2. The summed E-state index contributed by atoms with van der Waals surface area (Å²) in [5, 5.41) is 9.05. The molecule has 0 spiro atoms. The van der Waals surface area contributed by atoms with Crippen LogP contribution < -0.4 is 4.83 Å². The van der Waals surface area contributed by atoms with Crippen LogP contribution in [-0.2, 0) is 16.4 Å². The fraction of sp³-hybridized carbons (Fsp3) is 0.400. The Hall–Kier alpha value is -1.67. The molecule has 0 aliphatic carbocycles. The second-order valence-electron chi connectivity index (χ2n) is 4.05. The molecular formula is C10H15N3O4S. The van der Waals surface area contributed by atoms with E-state index in [0.717, 1.165) is 18.5 Å². The Morgan fingerprint density at radius 2 is 1.83 bits per heavy atom. The van der Waals surface area contributed by atoms with Gasteiger partial charge in [0.2, 0.25) is 0 Å². The lowest BCUT2D eigenvalue weighted by atomic mass is 10.1. The summed E-state index contributed by atoms with van der Waals surface area (Å²) in [4.78, 5) is 13.3. The van der Waals surface area contributed by atoms with E-state index in [9.17, 15) is 18.5 Å². The van der Waals surface area contributed by atoms with Gasteiger partial charge in [-0.1, -0.05) is 12.1 Å². The van der Waals surface area contributed by atoms with Crippen molar-refractivity contribution in [2.24, 2.45) is 0 Å². The molecule has 100 valence electrons. The van der Waals surface area contributed by atoms with E-state index in [1.807, 2.05) is 19.0 Å². The fourth-order valence-corrected chi connectivity index (χ4v) is 2.13. The SMILES string of the molecule is CN(C)CCc1ccc(S(=O)(=O)N[N+](=O)[O-])cc1. The van der Waals surface area contributed by atoms with Crippen molar-refractivity contribution in [3.63, 3.8) is 0 Å². The van der Waals surface area contributed by atoms with Gasteiger partial charge in [0, 0.05) is 6.54 Å². The van der Waals surface area contributed by atoms with Crippen LogP contribution in [0.25, 0.3) is 0 Å². The summed E-state index contributed by atoms with van der Waals surface area (Å²) >= 11 is 0. The zero-order valence-electron chi connectivity index (χ0n) is 10.2. The van der Waals surface area contributed by atoms with Gasteiger partial charge in [-0.2, -0.15) is 8.42 Å². The van der Waals surface area contributed by atoms with Crippen LogP contribution in [0.3, 0.4) is 0 Å². The topological polar surface area (TPSA) is 92.6 Å². The quantitative estimate of drug-likeness (QED) is 0.593. The van der Waals surface area contributed by atoms with E-state index in [2.05, 4.69) is 0 Å². The molecule has 8 heteroatoms. The number of hydrogen-bond donors (Lipinski definition) is 1. The van der Waals surface area contributed by atoms with Crippen molar-refractivity contribution >= 4 is 10.0 Å². The molecule has 0 heterocycles. The lowest BCUT2D eigenvalue weighted by Crippen LogP contribution is -2.29. The minimum atomic E-state index is -4.07. The van der Waals surface area contributed by atoms with Crippen molar-refractivity contribution in [1.29, 1.82) is 0 Å². The molecule has 7 nitrogen and oxygen atoms in total. The van der Waals surface area contributed by atoms with E-state index in [1.54, 1.807) is 12.1 Å². The third-order valence-electron chi connectivity index (χ3n) is 2.28. The van der Waals surface area contributed by atoms with Gasteiger partial charge in [0.25, 0.3) is 0 Å². The van der Waals surface area contributed by atoms with E-state index < -0.39 is 15.1 Å². The number of nitrogens with one attached hydrogen (secondary N) is 1. The van der Waals surface area contributed by atoms with Crippen LogP contribution in [0, 0.1) is 10.1 Å². The summed E-state index contributed by atoms with van der Waals surface area (Å²) in [5.74, 6) is 0. The molecule has 18 heavy (non-hydrogen) atoms. The molecule has 0 aliphatic heterocycles. The number of rotatable bonds is 6. The van der Waals surface area contributed by atoms with Crippen LogP contribution in [0.15, 0.2) is 29.2 Å². The highest BCUT2D eigenvalue weighted by Gasteiger charge is 2.18. The third-order valence-corrected chi connectivity index (χ3v) is 3.56. The fourth-order valence-electron chi connectivity index (χ4n) is 1.34. The van der Waals surface area contributed by atoms with E-state index in [1.165, 1.54) is 17.0 Å². The average molecular weight is 273 g/mol. The molecule has 1 N–H and O–H groups in total. The first-order valence-electron chi connectivity index (χ1n) is 5.22. The lowest BCUT2D eigenvalue weighted by molar-refractivity contribution is -0.518. The molecule has 0 fully saturated rings. The molecule has 0 atom stereocenters. The molecule has 0 bridgehead atoms. The smallest absolute Gasteiger partial charge is 0.309 e. The number of hydrogen-bond acceptors (Lipinski definition) is 5. The van der Waals surface area contributed by atoms with Gasteiger partial charge in [0.1, 0.15) is 0 Å². The van der Waals surface area contributed by atoms with Gasteiger partial charge in [0.15, 0.2) is 5.03 Å². The molecule has 0 saturated heterocycles. The average Bonchev–Trinajstić information content (AvgIpc) is 2.25. The van der Waals surface area contributed by atoms with Crippen LogP contribution in [0.2, 0.25) is 0 Å². The first-order valence-corrected chi connectivity index (χ1v) is 6.70. The van der Waals surface area contributed by atoms with Gasteiger partial charge >= 0.3 is 10.0 Å². The Kier molecular flexibility index (Phi) is 4.62. The Morgan fingerprint density at radius 1 is 1.28 bits per heavy atom. The Bertz CT molecular complexity index is 510. The maximum absolute atomic E-state index is 11.5. The second-order valence-corrected chi connectivity index (χ2v) is 5.71. The van der Waals surface area contributed by atoms with Gasteiger partial charge in [0.05, 0.1) is 4.90 Å². The van der Waals surface area contributed by atoms with Crippen LogP contribution in [0.4, 0.5) is 0 Å². The van der Waals surface area contributed by atoms with Crippen molar-refractivity contribution in [2.45, 2.75) is 11.3 Å². The molecule has 1 rings (SSSR count). The highest BCUT2D eigenvalue weighted by molar-refractivity contribution is 7.89. The first kappa shape index (κ1) is 14.4. The van der Waals surface area contributed by atoms with Gasteiger partial charge in [-0.25, -0.2) is 10.1 Å². The van der Waals surface area contributed by atoms with Crippen LogP contribution in [-0.4, -0.2) is 39.0 Å². The zero-order valence-corrected chi connectivity index (χ0v) is 11.0. The highest BCUT2D eigenvalue weighted by Crippen LogP contribution is 2.11. The molecule has 0 radical (unpaired) electrons. The largest absolute Gasteiger partial charge is 0.311 e. The lowest BCUT2D eigenvalue weighted by Gasteiger charge is -2.09. The molecular weight excluding hydrogens is 258 g/mol. The Balaban J connectivity index is 2.79. The predicted molar refractivity (Wildman–Crippen MR) is 66.0 cm³/mol. The van der Waals surface area contributed by atoms with Gasteiger partial charge < -0.3 is 4.90 Å². The zero-order chi connectivity index (χ0) is 13.8. The van der Waals surface area contributed by atoms with Gasteiger partial charge in [-0.05, 0) is 43.0 Å². The van der Waals surface area contributed by atoms with Crippen LogP contribution >= 0.6 is 0 Å². The minimum Gasteiger partial charge on any atom is -0.309 e. The van der Waals surface area contributed by atoms with Crippen molar-refractivity contribution in [3.05, 3.63) is 39.9 Å². The van der Waals surface area contributed by atoms with Crippen molar-refractivity contribution in [2.75, 3.05) is 20.6 Å². The van der Waals surface area contributed by atoms with E-state index >= 15 is 0 Å². The molecule has 0 saturated carbocycles. The van der Waals surface area contributed by atoms with Crippen LogP contribution in [0.1, 0.15) is 5.56 Å². The molecule has 0 unspecified atom stereocenters. The summed E-state index contributed by atoms with van der Waals surface area (Å²) in [5.41, 5.74) is 0.976. The summed E-state index contributed by atoms with van der Waals surface area (Å²) in [6, 6.07) is 6.02. The number of likely N-dealkylation sites (N-methyl/N-ethyl adjacent to an activating group) is 1. The number of hydrazine groups is 1. The maximum Gasteiger partial charge on any atom is 0.311 e. The summed E-state index contributed by atoms with van der Waals surface area (Å²) in [6.45, 7) is 0.846. The second kappa shape index (κ2) is 5.78.